The average Bonchev–Trinajstić information content (AvgIpc) is 2.72. The molecule has 8 heteroatoms. The van der Waals surface area contributed by atoms with Crippen molar-refractivity contribution in [1.82, 2.24) is 0 Å². The molecule has 1 fully saturated rings. The summed E-state index contributed by atoms with van der Waals surface area (Å²) in [5.41, 5.74) is 11.2. The lowest BCUT2D eigenvalue weighted by Gasteiger charge is -2.41. The number of aliphatic hydroxyl groups is 2. The van der Waals surface area contributed by atoms with Crippen LogP contribution in [0.2, 0.25) is 0 Å². The molecule has 0 spiro atoms. The second kappa shape index (κ2) is 9.34. The lowest BCUT2D eigenvalue weighted by Crippen LogP contribution is -2.44. The van der Waals surface area contributed by atoms with Crippen molar-refractivity contribution in [2.24, 2.45) is 29.2 Å². The molecule has 4 rings (SSSR count). The van der Waals surface area contributed by atoms with Crippen LogP contribution in [0.3, 0.4) is 0 Å². The van der Waals surface area contributed by atoms with E-state index in [1.165, 1.54) is 13.1 Å². The van der Waals surface area contributed by atoms with Crippen molar-refractivity contribution in [2.45, 2.75) is 40.0 Å². The van der Waals surface area contributed by atoms with E-state index in [1.807, 2.05) is 20.8 Å². The molecule has 0 bridgehead atoms. The van der Waals surface area contributed by atoms with Crippen LogP contribution < -0.4 is 11.5 Å². The SMILES string of the molecule is CC.CN.Cc1ccc(O)c2c1CC1CC3CC(=O)C(C(N)=O)=C(O)C3C(=O)C1=C2O. The van der Waals surface area contributed by atoms with Gasteiger partial charge in [-0.25, -0.2) is 0 Å². The van der Waals surface area contributed by atoms with E-state index in [9.17, 15) is 29.7 Å². The molecule has 1 saturated carbocycles. The molecule has 0 radical (unpaired) electrons. The number of allylic oxidation sites excluding steroid dienone is 2. The molecule has 7 N–H and O–H groups in total. The van der Waals surface area contributed by atoms with Crippen LogP contribution >= 0.6 is 0 Å². The monoisotopic (exact) mass is 430 g/mol. The topological polar surface area (TPSA) is 164 Å². The summed E-state index contributed by atoms with van der Waals surface area (Å²) in [5.74, 6) is -5.01. The first-order chi connectivity index (χ1) is 14.7. The standard InChI is InChI=1S/C20H19NO6.C2H6.CH5N/c1-7-2-3-11(22)15-10(7)5-8-4-9-6-12(23)16(20(21)27)19(26)14(9)17(24)13(8)18(15)25;2*1-2/h2-3,8-9,14,22,25-26H,4-6H2,1H3,(H2,21,27);1-2H3;2H2,1H3. The van der Waals surface area contributed by atoms with Gasteiger partial charge in [0, 0.05) is 12.0 Å². The normalized spacial score (nSPS) is 24.1. The Morgan fingerprint density at radius 3 is 2.26 bits per heavy atom. The number of aromatic hydroxyl groups is 1. The first-order valence-corrected chi connectivity index (χ1v) is 10.3. The zero-order valence-electron chi connectivity index (χ0n) is 18.2. The van der Waals surface area contributed by atoms with Crippen LogP contribution in [0.4, 0.5) is 0 Å². The van der Waals surface area contributed by atoms with E-state index in [1.54, 1.807) is 6.07 Å². The Morgan fingerprint density at radius 2 is 1.68 bits per heavy atom. The molecule has 31 heavy (non-hydrogen) atoms. The number of rotatable bonds is 1. The number of nitrogens with two attached hydrogens (primary N) is 2. The zero-order valence-corrected chi connectivity index (χ0v) is 18.2. The minimum Gasteiger partial charge on any atom is -0.511 e. The van der Waals surface area contributed by atoms with Crippen LogP contribution in [0.1, 0.15) is 43.4 Å². The van der Waals surface area contributed by atoms with Crippen LogP contribution in [0.5, 0.6) is 5.75 Å². The molecule has 0 heterocycles. The summed E-state index contributed by atoms with van der Waals surface area (Å²) in [6.45, 7) is 5.86. The van der Waals surface area contributed by atoms with Gasteiger partial charge in [0.25, 0.3) is 5.91 Å². The van der Waals surface area contributed by atoms with E-state index in [2.05, 4.69) is 5.73 Å². The highest BCUT2D eigenvalue weighted by Gasteiger charge is 2.50. The maximum absolute atomic E-state index is 13.1. The van der Waals surface area contributed by atoms with Gasteiger partial charge in [-0.2, -0.15) is 0 Å². The van der Waals surface area contributed by atoms with Crippen LogP contribution in [0.15, 0.2) is 29.0 Å². The number of primary amides is 1. The van der Waals surface area contributed by atoms with Gasteiger partial charge in [-0.05, 0) is 55.8 Å². The lowest BCUT2D eigenvalue weighted by molar-refractivity contribution is -0.127. The average molecular weight is 431 g/mol. The van der Waals surface area contributed by atoms with Crippen LogP contribution in [0.25, 0.3) is 5.76 Å². The Labute approximate surface area is 181 Å². The highest BCUT2D eigenvalue weighted by Crippen LogP contribution is 2.50. The van der Waals surface area contributed by atoms with Gasteiger partial charge in [0.05, 0.1) is 11.5 Å². The summed E-state index contributed by atoms with van der Waals surface area (Å²) in [6, 6.07) is 3.21. The number of benzene rings is 1. The van der Waals surface area contributed by atoms with Gasteiger partial charge in [-0.15, -0.1) is 0 Å². The first kappa shape index (κ1) is 24.1. The predicted molar refractivity (Wildman–Crippen MR) is 116 cm³/mol. The Balaban J connectivity index is 0.000000807. The van der Waals surface area contributed by atoms with Gasteiger partial charge in [0.15, 0.2) is 11.6 Å². The molecular formula is C23H30N2O6. The zero-order chi connectivity index (χ0) is 23.6. The number of amides is 1. The number of Topliss-reactive ketones (excluding diaryl/α,β-unsaturated/α-hetero) is 2. The number of ketones is 2. The molecule has 0 saturated heterocycles. The fourth-order valence-electron chi connectivity index (χ4n) is 4.80. The molecule has 0 aromatic heterocycles. The molecule has 3 aliphatic carbocycles. The van der Waals surface area contributed by atoms with E-state index in [0.29, 0.717) is 12.8 Å². The molecule has 3 unspecified atom stereocenters. The number of hydrogen-bond donors (Lipinski definition) is 5. The lowest BCUT2D eigenvalue weighted by atomic mass is 9.61. The summed E-state index contributed by atoms with van der Waals surface area (Å²) >= 11 is 0. The number of carbonyl (C=O) groups excluding carboxylic acids is 3. The van der Waals surface area contributed by atoms with Gasteiger partial charge >= 0.3 is 0 Å². The molecule has 3 aliphatic rings. The minimum absolute atomic E-state index is 0.0465. The van der Waals surface area contributed by atoms with E-state index >= 15 is 0 Å². The number of fused-ring (bicyclic) bond motifs is 3. The van der Waals surface area contributed by atoms with Gasteiger partial charge in [0.2, 0.25) is 0 Å². The Bertz CT molecular complexity index is 992. The number of phenolic OH excluding ortho intramolecular Hbond substituents is 1. The molecule has 1 aromatic rings. The summed E-state index contributed by atoms with van der Waals surface area (Å²) in [6.07, 6.45) is 0.812. The highest BCUT2D eigenvalue weighted by atomic mass is 16.3. The van der Waals surface area contributed by atoms with Gasteiger partial charge in [-0.1, -0.05) is 19.9 Å². The van der Waals surface area contributed by atoms with Crippen molar-refractivity contribution in [2.75, 3.05) is 7.05 Å². The Kier molecular flexibility index (Phi) is 7.28. The van der Waals surface area contributed by atoms with Gasteiger partial charge in [0.1, 0.15) is 22.8 Å². The Hall–Kier alpha value is -3.13. The largest absolute Gasteiger partial charge is 0.511 e. The molecule has 3 atom stereocenters. The summed E-state index contributed by atoms with van der Waals surface area (Å²) in [5, 5.41) is 31.4. The number of phenols is 1. The number of aryl methyl sites for hydroxylation is 1. The van der Waals surface area contributed by atoms with E-state index in [0.717, 1.165) is 11.1 Å². The quantitative estimate of drug-likeness (QED) is 0.426. The van der Waals surface area contributed by atoms with Crippen molar-refractivity contribution >= 4 is 23.2 Å². The van der Waals surface area contributed by atoms with E-state index in [-0.39, 0.29) is 35.0 Å². The minimum atomic E-state index is -1.08. The number of carbonyl (C=O) groups is 3. The van der Waals surface area contributed by atoms with Crippen LogP contribution in [-0.4, -0.2) is 39.8 Å². The van der Waals surface area contributed by atoms with Crippen molar-refractivity contribution in [1.29, 1.82) is 0 Å². The van der Waals surface area contributed by atoms with Crippen molar-refractivity contribution < 1.29 is 29.7 Å². The third-order valence-corrected chi connectivity index (χ3v) is 6.01. The van der Waals surface area contributed by atoms with Gasteiger partial charge in [-0.3, -0.25) is 14.4 Å². The maximum atomic E-state index is 13.1. The fraction of sp³-hybridized carbons (Fsp3) is 0.435. The Morgan fingerprint density at radius 1 is 1.06 bits per heavy atom. The third-order valence-electron chi connectivity index (χ3n) is 6.01. The molecule has 0 aliphatic heterocycles. The van der Waals surface area contributed by atoms with Gasteiger partial charge < -0.3 is 26.8 Å². The predicted octanol–water partition coefficient (Wildman–Crippen LogP) is 2.22. The third kappa shape index (κ3) is 3.83. The smallest absolute Gasteiger partial charge is 0.255 e. The highest BCUT2D eigenvalue weighted by molar-refractivity contribution is 6.21. The van der Waals surface area contributed by atoms with Crippen molar-refractivity contribution in [3.8, 4) is 5.75 Å². The molecule has 8 nitrogen and oxygen atoms in total. The van der Waals surface area contributed by atoms with Crippen LogP contribution in [0, 0.1) is 24.7 Å². The summed E-state index contributed by atoms with van der Waals surface area (Å²) < 4.78 is 0. The van der Waals surface area contributed by atoms with Crippen molar-refractivity contribution in [3.63, 3.8) is 0 Å². The fourth-order valence-corrected chi connectivity index (χ4v) is 4.80. The summed E-state index contributed by atoms with van der Waals surface area (Å²) in [7, 11) is 1.50. The molecule has 168 valence electrons. The number of hydrogen-bond acceptors (Lipinski definition) is 7. The molecule has 1 aromatic carbocycles. The first-order valence-electron chi connectivity index (χ1n) is 10.3. The number of aliphatic hydroxyl groups excluding tert-OH is 2. The van der Waals surface area contributed by atoms with Crippen LogP contribution in [-0.2, 0) is 20.8 Å². The second-order valence-electron chi connectivity index (χ2n) is 7.51. The second-order valence-corrected chi connectivity index (χ2v) is 7.51. The molecule has 1 amide bonds. The van der Waals surface area contributed by atoms with E-state index in [4.69, 9.17) is 5.73 Å². The van der Waals surface area contributed by atoms with Crippen molar-refractivity contribution in [3.05, 3.63) is 45.7 Å². The summed E-state index contributed by atoms with van der Waals surface area (Å²) in [4.78, 5) is 36.9. The maximum Gasteiger partial charge on any atom is 0.255 e. The van der Waals surface area contributed by atoms with E-state index < -0.39 is 40.6 Å². The molecular weight excluding hydrogens is 400 g/mol.